The van der Waals surface area contributed by atoms with E-state index in [9.17, 15) is 4.79 Å². The van der Waals surface area contributed by atoms with E-state index in [0.29, 0.717) is 0 Å². The maximum atomic E-state index is 12.6. The second-order valence-electron chi connectivity index (χ2n) is 7.02. The number of hydrogen-bond donors (Lipinski definition) is 3. The monoisotopic (exact) mass is 367 g/mol. The van der Waals surface area contributed by atoms with Gasteiger partial charge in [-0.2, -0.15) is 0 Å². The van der Waals surface area contributed by atoms with Crippen LogP contribution in [-0.2, 0) is 10.2 Å². The maximum Gasteiger partial charge on any atom is 0.235 e. The number of benzene rings is 2. The van der Waals surface area contributed by atoms with Crippen LogP contribution in [0.1, 0.15) is 44.0 Å². The molecule has 2 aromatic carbocycles. The first-order valence-electron chi connectivity index (χ1n) is 9.31. The highest BCUT2D eigenvalue weighted by Gasteiger charge is 2.45. The smallest absolute Gasteiger partial charge is 0.235 e. The lowest BCUT2D eigenvalue weighted by atomic mass is 9.77. The number of carbonyl (C=O) groups is 1. The molecule has 0 radical (unpaired) electrons. The highest BCUT2D eigenvalue weighted by atomic mass is 16.5. The molecule has 6 nitrogen and oxygen atoms in total. The Morgan fingerprint density at radius 2 is 1.67 bits per heavy atom. The van der Waals surface area contributed by atoms with E-state index < -0.39 is 5.41 Å². The van der Waals surface area contributed by atoms with E-state index in [0.717, 1.165) is 52.5 Å². The third-order valence-corrected chi connectivity index (χ3v) is 5.91. The lowest BCUT2D eigenvalue weighted by molar-refractivity contribution is -0.121. The van der Waals surface area contributed by atoms with Gasteiger partial charge in [0.25, 0.3) is 0 Å². The minimum Gasteiger partial charge on any atom is -0.497 e. The Balaban J connectivity index is 1.69. The second kappa shape index (κ2) is 6.37. The van der Waals surface area contributed by atoms with Gasteiger partial charge in [-0.3, -0.25) is 4.79 Å². The van der Waals surface area contributed by atoms with E-state index in [1.165, 1.54) is 0 Å². The molecule has 2 aliphatic heterocycles. The topological polar surface area (TPSA) is 71.6 Å². The summed E-state index contributed by atoms with van der Waals surface area (Å²) in [4.78, 5) is 12.6. The molecule has 0 saturated heterocycles. The summed E-state index contributed by atoms with van der Waals surface area (Å²) < 4.78 is 10.8. The summed E-state index contributed by atoms with van der Waals surface area (Å²) >= 11 is 0. The summed E-state index contributed by atoms with van der Waals surface area (Å²) in [5, 5.41) is 10.1. The quantitative estimate of drug-likeness (QED) is 0.737. The summed E-state index contributed by atoms with van der Waals surface area (Å²) in [5.74, 6) is 1.60. The van der Waals surface area contributed by atoms with E-state index in [1.54, 1.807) is 14.2 Å². The van der Waals surface area contributed by atoms with E-state index in [4.69, 9.17) is 9.47 Å². The number of anilines is 3. The molecule has 0 fully saturated rings. The lowest BCUT2D eigenvalue weighted by Crippen LogP contribution is -2.32. The number of nitrogens with one attached hydrogen (secondary N) is 3. The van der Waals surface area contributed by atoms with Crippen molar-refractivity contribution in [3.63, 3.8) is 0 Å². The molecule has 1 atom stereocenters. The average molecular weight is 367 g/mol. The van der Waals surface area contributed by atoms with Crippen molar-refractivity contribution in [1.29, 1.82) is 0 Å². The first-order chi connectivity index (χ1) is 13.1. The number of rotatable bonds is 5. The van der Waals surface area contributed by atoms with Crippen molar-refractivity contribution in [2.24, 2.45) is 0 Å². The van der Waals surface area contributed by atoms with E-state index in [2.05, 4.69) is 35.9 Å². The zero-order valence-electron chi connectivity index (χ0n) is 16.1. The van der Waals surface area contributed by atoms with Crippen molar-refractivity contribution in [2.75, 3.05) is 30.2 Å². The molecule has 2 heterocycles. The third-order valence-electron chi connectivity index (χ3n) is 5.91. The first-order valence-corrected chi connectivity index (χ1v) is 9.31. The van der Waals surface area contributed by atoms with Crippen molar-refractivity contribution >= 4 is 23.0 Å². The predicted octanol–water partition coefficient (Wildman–Crippen LogP) is 4.25. The van der Waals surface area contributed by atoms with Crippen LogP contribution in [0, 0.1) is 0 Å². The van der Waals surface area contributed by atoms with E-state index >= 15 is 0 Å². The fraction of sp³-hybridized carbons (Fsp3) is 0.381. The molecule has 0 bridgehead atoms. The molecule has 0 aromatic heterocycles. The molecular weight excluding hydrogens is 342 g/mol. The van der Waals surface area contributed by atoms with Crippen molar-refractivity contribution in [1.82, 2.24) is 0 Å². The molecular formula is C21H25N3O3. The van der Waals surface area contributed by atoms with Crippen molar-refractivity contribution in [2.45, 2.75) is 38.3 Å². The molecule has 3 N–H and O–H groups in total. The van der Waals surface area contributed by atoms with Gasteiger partial charge in [-0.1, -0.05) is 13.8 Å². The van der Waals surface area contributed by atoms with Crippen LogP contribution in [0.4, 0.5) is 17.1 Å². The van der Waals surface area contributed by atoms with Gasteiger partial charge in [-0.25, -0.2) is 0 Å². The molecule has 1 unspecified atom stereocenters. The normalized spacial score (nSPS) is 18.8. The fourth-order valence-corrected chi connectivity index (χ4v) is 4.21. The largest absolute Gasteiger partial charge is 0.497 e. The minimum absolute atomic E-state index is 0.0968. The number of carbonyl (C=O) groups excluding carboxylic acids is 1. The number of methoxy groups -OCH3 is 2. The van der Waals surface area contributed by atoms with E-state index in [1.807, 2.05) is 24.3 Å². The third kappa shape index (κ3) is 2.51. The maximum absolute atomic E-state index is 12.6. The zero-order valence-corrected chi connectivity index (χ0v) is 16.1. The summed E-state index contributed by atoms with van der Waals surface area (Å²) in [6.45, 7) is 4.14. The van der Waals surface area contributed by atoms with Gasteiger partial charge in [-0.05, 0) is 42.7 Å². The molecule has 1 amide bonds. The molecule has 0 aliphatic carbocycles. The Hall–Kier alpha value is -2.89. The number of amides is 1. The fourth-order valence-electron chi connectivity index (χ4n) is 4.21. The Kier molecular flexibility index (Phi) is 4.13. The van der Waals surface area contributed by atoms with Gasteiger partial charge in [0.15, 0.2) is 0 Å². The van der Waals surface area contributed by atoms with Gasteiger partial charge in [0, 0.05) is 17.3 Å². The first kappa shape index (κ1) is 17.5. The zero-order chi connectivity index (χ0) is 19.2. The molecule has 0 saturated carbocycles. The molecule has 27 heavy (non-hydrogen) atoms. The average Bonchev–Trinajstić information content (AvgIpc) is 3.22. The molecule has 4 rings (SSSR count). The lowest BCUT2D eigenvalue weighted by Gasteiger charge is -2.24. The Labute approximate surface area is 159 Å². The van der Waals surface area contributed by atoms with Crippen molar-refractivity contribution in [3.05, 3.63) is 41.5 Å². The summed E-state index contributed by atoms with van der Waals surface area (Å²) in [7, 11) is 3.29. The SMILES string of the molecule is CCC1(CC)C(=O)Nc2cc3c(cc21)NC(c1ccc(OC)cc1OC)N3. The minimum atomic E-state index is -0.443. The van der Waals surface area contributed by atoms with Gasteiger partial charge >= 0.3 is 0 Å². The Bertz CT molecular complexity index is 906. The number of ether oxygens (including phenoxy) is 2. The van der Waals surface area contributed by atoms with Crippen LogP contribution in [0.3, 0.4) is 0 Å². The van der Waals surface area contributed by atoms with Crippen molar-refractivity contribution < 1.29 is 14.3 Å². The predicted molar refractivity (Wildman–Crippen MR) is 107 cm³/mol. The molecule has 2 aliphatic rings. The number of hydrogen-bond acceptors (Lipinski definition) is 5. The van der Waals surface area contributed by atoms with Crippen molar-refractivity contribution in [3.8, 4) is 11.5 Å². The summed E-state index contributed by atoms with van der Waals surface area (Å²) in [6.07, 6.45) is 1.45. The van der Waals surface area contributed by atoms with Crippen LogP contribution in [0.25, 0.3) is 0 Å². The Morgan fingerprint density at radius 1 is 0.963 bits per heavy atom. The van der Waals surface area contributed by atoms with Crippen LogP contribution < -0.4 is 25.4 Å². The molecule has 0 spiro atoms. The van der Waals surface area contributed by atoms with Crippen LogP contribution in [0.2, 0.25) is 0 Å². The van der Waals surface area contributed by atoms with Crippen LogP contribution in [0.15, 0.2) is 30.3 Å². The van der Waals surface area contributed by atoms with Crippen LogP contribution in [0.5, 0.6) is 11.5 Å². The molecule has 6 heteroatoms. The highest BCUT2D eigenvalue weighted by Crippen LogP contribution is 2.49. The Morgan fingerprint density at radius 3 is 2.30 bits per heavy atom. The molecule has 142 valence electrons. The second-order valence-corrected chi connectivity index (χ2v) is 7.02. The highest BCUT2D eigenvalue weighted by molar-refractivity contribution is 6.07. The van der Waals surface area contributed by atoms with Gasteiger partial charge in [0.05, 0.1) is 31.0 Å². The number of fused-ring (bicyclic) bond motifs is 2. The summed E-state index contributed by atoms with van der Waals surface area (Å²) in [5.41, 5.74) is 4.50. The van der Waals surface area contributed by atoms with Crippen LogP contribution >= 0.6 is 0 Å². The van der Waals surface area contributed by atoms with E-state index in [-0.39, 0.29) is 12.1 Å². The van der Waals surface area contributed by atoms with Gasteiger partial charge in [-0.15, -0.1) is 0 Å². The van der Waals surface area contributed by atoms with Crippen LogP contribution in [-0.4, -0.2) is 20.1 Å². The van der Waals surface area contributed by atoms with Gasteiger partial charge < -0.3 is 25.4 Å². The van der Waals surface area contributed by atoms with Gasteiger partial charge in [0.2, 0.25) is 5.91 Å². The van der Waals surface area contributed by atoms with Gasteiger partial charge in [0.1, 0.15) is 17.7 Å². The standard InChI is InChI=1S/C21H25N3O3/c1-5-21(6-2)14-10-16-17(11-15(14)24-20(21)25)23-19(22-16)13-8-7-12(26-3)9-18(13)27-4/h7-11,19,22-23H,5-6H2,1-4H3,(H,24,25). The molecule has 2 aromatic rings. The summed E-state index contributed by atoms with van der Waals surface area (Å²) in [6, 6.07) is 9.92.